The largest absolute Gasteiger partial charge is 0.461 e. The normalized spacial score (nSPS) is 11.7. The average Bonchev–Trinajstić information content (AvgIpc) is 3.13. The number of ketones is 1. The Morgan fingerprint density at radius 1 is 1.12 bits per heavy atom. The maximum absolute atomic E-state index is 13.6. The molecule has 178 valence electrons. The summed E-state index contributed by atoms with van der Waals surface area (Å²) in [5.41, 5.74) is 2.63. The smallest absolute Gasteiger partial charge is 0.355 e. The first-order chi connectivity index (χ1) is 16.2. The van der Waals surface area contributed by atoms with E-state index < -0.39 is 23.7 Å². The molecule has 7 nitrogen and oxygen atoms in total. The summed E-state index contributed by atoms with van der Waals surface area (Å²) in [6.07, 6.45) is 2.10. The van der Waals surface area contributed by atoms with Gasteiger partial charge in [0.25, 0.3) is 5.91 Å². The molecule has 0 saturated carbocycles. The Hall–Kier alpha value is -3.81. The molecule has 2 aromatic heterocycles. The third-order valence-corrected chi connectivity index (χ3v) is 5.70. The van der Waals surface area contributed by atoms with Crippen LogP contribution >= 0.6 is 0 Å². The average molecular weight is 466 g/mol. The van der Waals surface area contributed by atoms with Gasteiger partial charge < -0.3 is 14.6 Å². The van der Waals surface area contributed by atoms with Crippen molar-refractivity contribution in [1.29, 1.82) is 0 Å². The van der Waals surface area contributed by atoms with Crippen molar-refractivity contribution in [2.24, 2.45) is 0 Å². The molecule has 34 heavy (non-hydrogen) atoms. The fourth-order valence-corrected chi connectivity index (χ4v) is 3.89. The van der Waals surface area contributed by atoms with Crippen LogP contribution in [0.15, 0.2) is 48.7 Å². The van der Waals surface area contributed by atoms with E-state index in [-0.39, 0.29) is 30.2 Å². The van der Waals surface area contributed by atoms with Crippen LogP contribution in [0.2, 0.25) is 0 Å². The van der Waals surface area contributed by atoms with E-state index in [2.05, 4.69) is 9.97 Å². The number of ether oxygens (including phenoxy) is 1. The van der Waals surface area contributed by atoms with Gasteiger partial charge in [0.05, 0.1) is 12.6 Å². The molecule has 3 rings (SSSR count). The minimum Gasteiger partial charge on any atom is -0.461 e. The molecule has 0 saturated heterocycles. The van der Waals surface area contributed by atoms with Gasteiger partial charge in [0.1, 0.15) is 11.5 Å². The molecule has 1 unspecified atom stereocenters. The lowest BCUT2D eigenvalue weighted by Gasteiger charge is -2.29. The summed E-state index contributed by atoms with van der Waals surface area (Å²) >= 11 is 0. The predicted octanol–water partition coefficient (Wildman–Crippen LogP) is 4.30. The fourth-order valence-electron chi connectivity index (χ4n) is 3.89. The number of carbonyl (C=O) groups excluding carboxylic acids is 3. The second-order valence-electron chi connectivity index (χ2n) is 7.96. The van der Waals surface area contributed by atoms with Crippen molar-refractivity contribution in [2.45, 2.75) is 40.2 Å². The van der Waals surface area contributed by atoms with Crippen molar-refractivity contribution < 1.29 is 23.5 Å². The van der Waals surface area contributed by atoms with Crippen molar-refractivity contribution >= 4 is 17.7 Å². The van der Waals surface area contributed by atoms with Crippen molar-refractivity contribution in [3.05, 3.63) is 88.3 Å². The Morgan fingerprint density at radius 3 is 2.44 bits per heavy atom. The van der Waals surface area contributed by atoms with Crippen molar-refractivity contribution in [1.82, 2.24) is 14.9 Å². The number of rotatable bonds is 9. The van der Waals surface area contributed by atoms with Crippen LogP contribution in [0.25, 0.3) is 0 Å². The number of H-pyrrole nitrogens is 1. The summed E-state index contributed by atoms with van der Waals surface area (Å²) in [6.45, 7) is 7.18. The van der Waals surface area contributed by atoms with Gasteiger partial charge >= 0.3 is 5.97 Å². The molecule has 1 amide bonds. The molecule has 0 spiro atoms. The highest BCUT2D eigenvalue weighted by Gasteiger charge is 2.31. The van der Waals surface area contributed by atoms with Crippen LogP contribution in [0.3, 0.4) is 0 Å². The van der Waals surface area contributed by atoms with Crippen LogP contribution in [0.5, 0.6) is 0 Å². The van der Waals surface area contributed by atoms with Gasteiger partial charge in [-0.1, -0.05) is 6.07 Å². The van der Waals surface area contributed by atoms with Crippen LogP contribution in [0.1, 0.15) is 62.0 Å². The van der Waals surface area contributed by atoms with Crippen molar-refractivity contribution in [2.75, 3.05) is 13.2 Å². The molecule has 1 atom stereocenters. The van der Waals surface area contributed by atoms with E-state index in [4.69, 9.17) is 4.74 Å². The van der Waals surface area contributed by atoms with E-state index in [1.807, 2.05) is 12.1 Å². The van der Waals surface area contributed by atoms with E-state index in [1.54, 1.807) is 40.0 Å². The summed E-state index contributed by atoms with van der Waals surface area (Å²) in [6, 6.07) is 9.87. The molecule has 2 heterocycles. The molecule has 0 aliphatic rings. The molecule has 1 N–H and O–H groups in total. The van der Waals surface area contributed by atoms with E-state index in [0.29, 0.717) is 23.2 Å². The van der Waals surface area contributed by atoms with Crippen molar-refractivity contribution in [3.63, 3.8) is 0 Å². The van der Waals surface area contributed by atoms with E-state index in [1.165, 1.54) is 29.2 Å². The van der Waals surface area contributed by atoms with Gasteiger partial charge in [0, 0.05) is 41.7 Å². The lowest BCUT2D eigenvalue weighted by atomic mass is 9.99. The number of Topliss-reactive ketones (excluding diaryl/α,β-unsaturated/α-hetero) is 1. The van der Waals surface area contributed by atoms with E-state index in [0.717, 1.165) is 5.69 Å². The second kappa shape index (κ2) is 10.9. The number of aromatic amines is 1. The van der Waals surface area contributed by atoms with Crippen LogP contribution in [-0.2, 0) is 11.2 Å². The molecular formula is C26H28FN3O4. The van der Waals surface area contributed by atoms with E-state index in [9.17, 15) is 18.8 Å². The highest BCUT2D eigenvalue weighted by molar-refractivity contribution is 6.07. The number of pyridine rings is 1. The first-order valence-electron chi connectivity index (χ1n) is 11.1. The lowest BCUT2D eigenvalue weighted by molar-refractivity contribution is 0.0518. The standard InChI is InChI=1S/C26H28FN3O4/c1-5-34-26(33)23-16(2)22(17(3)29-23)24(31)18(4)30(15-13-21-8-6-7-14-28-21)25(32)19-9-11-20(27)12-10-19/h6-12,14,18,29H,5,13,15H2,1-4H3. The fraction of sp³-hybridized carbons (Fsp3) is 0.308. The Bertz CT molecular complexity index is 1170. The van der Waals surface area contributed by atoms with Gasteiger partial charge in [-0.15, -0.1) is 0 Å². The first-order valence-corrected chi connectivity index (χ1v) is 11.1. The molecule has 0 bridgehead atoms. The first kappa shape index (κ1) is 24.8. The molecule has 1 aromatic carbocycles. The SMILES string of the molecule is CCOC(=O)c1[nH]c(C)c(C(=O)C(C)N(CCc2ccccn2)C(=O)c2ccc(F)cc2)c1C. The molecule has 8 heteroatoms. The Morgan fingerprint density at radius 2 is 1.82 bits per heavy atom. The second-order valence-corrected chi connectivity index (χ2v) is 7.96. The summed E-state index contributed by atoms with van der Waals surface area (Å²) in [5.74, 6) is -1.69. The predicted molar refractivity (Wildman–Crippen MR) is 125 cm³/mol. The summed E-state index contributed by atoms with van der Waals surface area (Å²) in [4.78, 5) is 47.9. The maximum atomic E-state index is 13.6. The van der Waals surface area contributed by atoms with Crippen molar-refractivity contribution in [3.8, 4) is 0 Å². The summed E-state index contributed by atoms with van der Waals surface area (Å²) in [7, 11) is 0. The lowest BCUT2D eigenvalue weighted by Crippen LogP contribution is -2.44. The topological polar surface area (TPSA) is 92.4 Å². The molecule has 0 fully saturated rings. The van der Waals surface area contributed by atoms with Gasteiger partial charge in [-0.2, -0.15) is 0 Å². The number of nitrogens with zero attached hydrogens (tertiary/aromatic N) is 2. The quantitative estimate of drug-likeness (QED) is 0.376. The minimum absolute atomic E-state index is 0.212. The zero-order valence-corrected chi connectivity index (χ0v) is 19.7. The molecule has 0 aliphatic carbocycles. The van der Waals surface area contributed by atoms with Crippen LogP contribution in [0.4, 0.5) is 4.39 Å². The number of carbonyl (C=O) groups is 3. The summed E-state index contributed by atoms with van der Waals surface area (Å²) < 4.78 is 18.5. The zero-order valence-electron chi connectivity index (χ0n) is 19.7. The number of halogens is 1. The van der Waals surface area contributed by atoms with Gasteiger partial charge in [0.2, 0.25) is 0 Å². The number of esters is 1. The van der Waals surface area contributed by atoms with Gasteiger partial charge in [0.15, 0.2) is 5.78 Å². The number of nitrogens with one attached hydrogen (secondary N) is 1. The number of amides is 1. The zero-order chi connectivity index (χ0) is 24.8. The third kappa shape index (κ3) is 5.39. The number of hydrogen-bond donors (Lipinski definition) is 1. The highest BCUT2D eigenvalue weighted by Crippen LogP contribution is 2.23. The highest BCUT2D eigenvalue weighted by atomic mass is 19.1. The van der Waals surface area contributed by atoms with Crippen LogP contribution in [-0.4, -0.2) is 51.7 Å². The maximum Gasteiger partial charge on any atom is 0.355 e. The Kier molecular flexibility index (Phi) is 7.94. The number of aromatic nitrogens is 2. The number of aryl methyl sites for hydroxylation is 1. The third-order valence-electron chi connectivity index (χ3n) is 5.70. The Labute approximate surface area is 198 Å². The number of hydrogen-bond acceptors (Lipinski definition) is 5. The van der Waals surface area contributed by atoms with E-state index >= 15 is 0 Å². The Balaban J connectivity index is 1.93. The molecule has 3 aromatic rings. The van der Waals surface area contributed by atoms with Gasteiger partial charge in [-0.3, -0.25) is 14.6 Å². The molecule has 0 aliphatic heterocycles. The van der Waals surface area contributed by atoms with Crippen LogP contribution in [0, 0.1) is 19.7 Å². The van der Waals surface area contributed by atoms with Gasteiger partial charge in [-0.05, 0) is 69.7 Å². The monoisotopic (exact) mass is 465 g/mol. The van der Waals surface area contributed by atoms with Gasteiger partial charge in [-0.25, -0.2) is 9.18 Å². The minimum atomic E-state index is -0.843. The summed E-state index contributed by atoms with van der Waals surface area (Å²) in [5, 5.41) is 0. The molecular weight excluding hydrogens is 437 g/mol. The number of benzene rings is 1. The van der Waals surface area contributed by atoms with Crippen LogP contribution < -0.4 is 0 Å². The molecule has 0 radical (unpaired) electrons.